The minimum atomic E-state index is -2.99. The second kappa shape index (κ2) is 7.78. The number of sulfonamides is 1. The summed E-state index contributed by atoms with van der Waals surface area (Å²) in [5.74, 6) is 0.860. The van der Waals surface area contributed by atoms with E-state index in [1.54, 1.807) is 4.31 Å². The smallest absolute Gasteiger partial charge is 0.211 e. The molecule has 7 heteroatoms. The van der Waals surface area contributed by atoms with Gasteiger partial charge in [-0.3, -0.25) is 0 Å². The number of rotatable bonds is 4. The fraction of sp³-hybridized carbons (Fsp3) is 1.00. The van der Waals surface area contributed by atoms with Gasteiger partial charge in [0.1, 0.15) is 0 Å². The summed E-state index contributed by atoms with van der Waals surface area (Å²) in [4.78, 5) is 2.41. The van der Waals surface area contributed by atoms with E-state index >= 15 is 0 Å². The van der Waals surface area contributed by atoms with Gasteiger partial charge in [0.05, 0.1) is 6.26 Å². The van der Waals surface area contributed by atoms with Crippen LogP contribution in [0.25, 0.3) is 0 Å². The van der Waals surface area contributed by atoms with Crippen LogP contribution in [0.2, 0.25) is 0 Å². The van der Waals surface area contributed by atoms with Gasteiger partial charge in [-0.25, -0.2) is 8.42 Å². The topological polar surface area (TPSA) is 52.7 Å². The van der Waals surface area contributed by atoms with Crippen LogP contribution in [0.1, 0.15) is 19.3 Å². The third kappa shape index (κ3) is 5.55. The summed E-state index contributed by atoms with van der Waals surface area (Å²) in [6.07, 6.45) is 5.16. The number of piperidine rings is 1. The van der Waals surface area contributed by atoms with Gasteiger partial charge in [0.2, 0.25) is 10.0 Å². The van der Waals surface area contributed by atoms with Crippen LogP contribution in [0.5, 0.6) is 0 Å². The molecule has 2 fully saturated rings. The van der Waals surface area contributed by atoms with Crippen LogP contribution in [0.4, 0.5) is 0 Å². The highest BCUT2D eigenvalue weighted by Crippen LogP contribution is 2.17. The second-order valence-corrected chi connectivity index (χ2v) is 7.47. The molecule has 2 heterocycles. The Kier molecular flexibility index (Phi) is 7.04. The Morgan fingerprint density at radius 1 is 1.11 bits per heavy atom. The standard InChI is InChI=1S/C12H25N3O2S.ClH/c1-18(16,17)15-10-8-14(9-11-15)7-4-12-2-5-13-6-3-12;/h12-13H,2-11H2,1H3;1H. The van der Waals surface area contributed by atoms with Crippen LogP contribution < -0.4 is 5.32 Å². The van der Waals surface area contributed by atoms with Crippen LogP contribution in [-0.2, 0) is 10.0 Å². The van der Waals surface area contributed by atoms with Crippen LogP contribution in [0.3, 0.4) is 0 Å². The lowest BCUT2D eigenvalue weighted by Crippen LogP contribution is -2.48. The van der Waals surface area contributed by atoms with Gasteiger partial charge in [-0.2, -0.15) is 4.31 Å². The minimum Gasteiger partial charge on any atom is -0.317 e. The van der Waals surface area contributed by atoms with E-state index in [2.05, 4.69) is 10.2 Å². The number of nitrogens with one attached hydrogen (secondary N) is 1. The molecule has 0 saturated carbocycles. The van der Waals surface area contributed by atoms with Crippen LogP contribution in [-0.4, -0.2) is 69.7 Å². The molecule has 0 aromatic rings. The summed E-state index contributed by atoms with van der Waals surface area (Å²) >= 11 is 0. The van der Waals surface area contributed by atoms with E-state index in [4.69, 9.17) is 0 Å². The predicted octanol–water partition coefficient (Wildman–Crippen LogP) is 0.375. The summed E-state index contributed by atoms with van der Waals surface area (Å²) in [5, 5.41) is 3.39. The maximum Gasteiger partial charge on any atom is 0.211 e. The normalized spacial score (nSPS) is 24.1. The van der Waals surface area contributed by atoms with Gasteiger partial charge in [0, 0.05) is 26.2 Å². The molecule has 0 radical (unpaired) electrons. The SMILES string of the molecule is CS(=O)(=O)N1CCN(CCC2CCNCC2)CC1.Cl. The zero-order valence-electron chi connectivity index (χ0n) is 11.7. The molecule has 0 amide bonds. The molecule has 5 nitrogen and oxygen atoms in total. The van der Waals surface area contributed by atoms with Crippen molar-refractivity contribution in [2.45, 2.75) is 19.3 Å². The lowest BCUT2D eigenvalue weighted by Gasteiger charge is -2.34. The molecule has 2 aliphatic heterocycles. The maximum absolute atomic E-state index is 11.4. The quantitative estimate of drug-likeness (QED) is 0.815. The molecule has 2 rings (SSSR count). The molecule has 0 aromatic heterocycles. The number of nitrogens with zero attached hydrogens (tertiary/aromatic N) is 2. The van der Waals surface area contributed by atoms with Gasteiger partial charge in [0.15, 0.2) is 0 Å². The Labute approximate surface area is 123 Å². The van der Waals surface area contributed by atoms with E-state index in [1.807, 2.05) is 0 Å². The second-order valence-electron chi connectivity index (χ2n) is 5.49. The van der Waals surface area contributed by atoms with Crippen molar-refractivity contribution in [2.24, 2.45) is 5.92 Å². The molecule has 114 valence electrons. The van der Waals surface area contributed by atoms with E-state index in [0.717, 1.165) is 38.6 Å². The first kappa shape index (κ1) is 17.2. The Balaban J connectivity index is 0.00000180. The van der Waals surface area contributed by atoms with E-state index in [0.29, 0.717) is 13.1 Å². The number of halogens is 1. The first-order chi connectivity index (χ1) is 8.55. The average Bonchev–Trinajstić information content (AvgIpc) is 2.37. The summed E-state index contributed by atoms with van der Waals surface area (Å²) in [7, 11) is -2.99. The van der Waals surface area contributed by atoms with Crippen molar-refractivity contribution >= 4 is 22.4 Å². The lowest BCUT2D eigenvalue weighted by atomic mass is 9.94. The highest BCUT2D eigenvalue weighted by Gasteiger charge is 2.23. The van der Waals surface area contributed by atoms with Crippen molar-refractivity contribution < 1.29 is 8.42 Å². The first-order valence-electron chi connectivity index (χ1n) is 6.94. The van der Waals surface area contributed by atoms with Gasteiger partial charge >= 0.3 is 0 Å². The van der Waals surface area contributed by atoms with Crippen molar-refractivity contribution in [3.8, 4) is 0 Å². The fourth-order valence-electron chi connectivity index (χ4n) is 2.82. The largest absolute Gasteiger partial charge is 0.317 e. The van der Waals surface area contributed by atoms with Gasteiger partial charge < -0.3 is 10.2 Å². The minimum absolute atomic E-state index is 0. The van der Waals surface area contributed by atoms with Crippen molar-refractivity contribution in [1.29, 1.82) is 0 Å². The van der Waals surface area contributed by atoms with Gasteiger partial charge in [-0.1, -0.05) is 0 Å². The summed E-state index contributed by atoms with van der Waals surface area (Å²) in [5.41, 5.74) is 0. The molecular weight excluding hydrogens is 286 g/mol. The van der Waals surface area contributed by atoms with Gasteiger partial charge in [0.25, 0.3) is 0 Å². The maximum atomic E-state index is 11.4. The summed E-state index contributed by atoms with van der Waals surface area (Å²) < 4.78 is 24.4. The molecule has 0 spiro atoms. The van der Waals surface area contributed by atoms with Gasteiger partial charge in [-0.15, -0.1) is 12.4 Å². The number of hydrogen-bond acceptors (Lipinski definition) is 4. The van der Waals surface area contributed by atoms with Gasteiger partial charge in [-0.05, 0) is 44.8 Å². The van der Waals surface area contributed by atoms with Crippen LogP contribution in [0, 0.1) is 5.92 Å². The summed E-state index contributed by atoms with van der Waals surface area (Å²) in [6.45, 7) is 6.54. The third-order valence-electron chi connectivity index (χ3n) is 4.11. The molecular formula is C12H26ClN3O2S. The van der Waals surface area contributed by atoms with E-state index in [1.165, 1.54) is 25.5 Å². The Bertz CT molecular complexity index is 350. The Hall–Kier alpha value is 0.120. The Morgan fingerprint density at radius 2 is 1.68 bits per heavy atom. The third-order valence-corrected chi connectivity index (χ3v) is 5.42. The van der Waals surface area contributed by atoms with Crippen molar-refractivity contribution in [1.82, 2.24) is 14.5 Å². The molecule has 19 heavy (non-hydrogen) atoms. The van der Waals surface area contributed by atoms with Crippen molar-refractivity contribution in [2.75, 3.05) is 52.1 Å². The van der Waals surface area contributed by atoms with E-state index < -0.39 is 10.0 Å². The zero-order chi connectivity index (χ0) is 13.0. The molecule has 0 bridgehead atoms. The predicted molar refractivity (Wildman–Crippen MR) is 80.3 cm³/mol. The highest BCUT2D eigenvalue weighted by atomic mass is 35.5. The first-order valence-corrected chi connectivity index (χ1v) is 8.79. The molecule has 0 aliphatic carbocycles. The average molecular weight is 312 g/mol. The molecule has 2 aliphatic rings. The molecule has 1 N–H and O–H groups in total. The molecule has 0 atom stereocenters. The van der Waals surface area contributed by atoms with Crippen LogP contribution >= 0.6 is 12.4 Å². The van der Waals surface area contributed by atoms with Crippen LogP contribution in [0.15, 0.2) is 0 Å². The zero-order valence-corrected chi connectivity index (χ0v) is 13.3. The summed E-state index contributed by atoms with van der Waals surface area (Å²) in [6, 6.07) is 0. The Morgan fingerprint density at radius 3 is 2.21 bits per heavy atom. The number of hydrogen-bond donors (Lipinski definition) is 1. The highest BCUT2D eigenvalue weighted by molar-refractivity contribution is 7.88. The molecule has 2 saturated heterocycles. The van der Waals surface area contributed by atoms with E-state index in [-0.39, 0.29) is 12.4 Å². The van der Waals surface area contributed by atoms with Crippen molar-refractivity contribution in [3.63, 3.8) is 0 Å². The van der Waals surface area contributed by atoms with Crippen molar-refractivity contribution in [3.05, 3.63) is 0 Å². The monoisotopic (exact) mass is 311 g/mol. The van der Waals surface area contributed by atoms with E-state index in [9.17, 15) is 8.42 Å². The molecule has 0 unspecified atom stereocenters. The number of piperazine rings is 1. The lowest BCUT2D eigenvalue weighted by molar-refractivity contribution is 0.173. The fourth-order valence-corrected chi connectivity index (χ4v) is 3.65. The molecule has 0 aromatic carbocycles.